The second-order valence-corrected chi connectivity index (χ2v) is 10.9. The van der Waals surface area contributed by atoms with Crippen molar-refractivity contribution >= 4 is 44.1 Å². The minimum Gasteiger partial charge on any atom is -0.507 e. The highest BCUT2D eigenvalue weighted by Crippen LogP contribution is 2.46. The maximum atomic E-state index is 13.6. The molecule has 0 spiro atoms. The highest BCUT2D eigenvalue weighted by Gasteiger charge is 2.48. The van der Waals surface area contributed by atoms with Gasteiger partial charge in [0.25, 0.3) is 5.78 Å². The van der Waals surface area contributed by atoms with Crippen LogP contribution in [0.1, 0.15) is 44.4 Å². The highest BCUT2D eigenvalue weighted by molar-refractivity contribution is 7.22. The Balaban J connectivity index is 1.64. The van der Waals surface area contributed by atoms with E-state index >= 15 is 0 Å². The third-order valence-corrected chi connectivity index (χ3v) is 7.74. The molecular formula is C31H31N3O6S. The van der Waals surface area contributed by atoms with Crippen molar-refractivity contribution in [1.29, 1.82) is 0 Å². The lowest BCUT2D eigenvalue weighted by molar-refractivity contribution is -0.132. The molecule has 0 saturated carbocycles. The molecule has 3 heterocycles. The number of benzene rings is 2. The molecule has 1 N–H and O–H groups in total. The molecule has 2 aromatic heterocycles. The molecule has 1 fully saturated rings. The summed E-state index contributed by atoms with van der Waals surface area (Å²) in [6.45, 7) is 7.17. The number of anilines is 1. The number of aromatic nitrogens is 2. The molecule has 1 aliphatic rings. The number of amides is 1. The van der Waals surface area contributed by atoms with E-state index in [0.717, 1.165) is 11.1 Å². The molecule has 0 bridgehead atoms. The number of Topliss-reactive ketones (excluding diaryl/α,β-unsaturated/α-hetero) is 1. The SMILES string of the molecule is CCOc1ccc2nc(N3C(=O)C(=O)C(=C(O)c4ccncc4)C3c3ccc(OCCC(C)C)c(OC)c3)sc2c1. The standard InChI is InChI=1S/C31H31N3O6S/c1-5-39-21-7-8-22-25(17-21)41-31(33-22)34-27(20-6-9-23(24(16-20)38-4)40-15-12-18(2)3)26(29(36)30(34)37)28(35)19-10-13-32-14-11-19/h6-11,13-14,16-18,27,35H,5,12,15H2,1-4H3. The van der Waals surface area contributed by atoms with Crippen LogP contribution in [0, 0.1) is 5.92 Å². The van der Waals surface area contributed by atoms with Crippen molar-refractivity contribution in [2.24, 2.45) is 5.92 Å². The third kappa shape index (κ3) is 5.60. The normalized spacial score (nSPS) is 16.5. The number of pyridine rings is 1. The van der Waals surface area contributed by atoms with E-state index in [-0.39, 0.29) is 11.3 Å². The third-order valence-electron chi connectivity index (χ3n) is 6.72. The van der Waals surface area contributed by atoms with Gasteiger partial charge in [-0.15, -0.1) is 0 Å². The number of carbonyl (C=O) groups excluding carboxylic acids is 2. The van der Waals surface area contributed by atoms with Crippen molar-refractivity contribution < 1.29 is 28.9 Å². The smallest absolute Gasteiger partial charge is 0.301 e. The zero-order chi connectivity index (χ0) is 29.1. The molecule has 10 heteroatoms. The van der Waals surface area contributed by atoms with Gasteiger partial charge in [0.15, 0.2) is 16.6 Å². The fourth-order valence-corrected chi connectivity index (χ4v) is 5.66. The first-order valence-corrected chi connectivity index (χ1v) is 14.2. The van der Waals surface area contributed by atoms with E-state index in [1.165, 1.54) is 35.7 Å². The van der Waals surface area contributed by atoms with Gasteiger partial charge in [0.05, 0.1) is 42.2 Å². The van der Waals surface area contributed by atoms with Crippen molar-refractivity contribution in [3.8, 4) is 17.2 Å². The molecule has 4 aromatic rings. The fourth-order valence-electron chi connectivity index (χ4n) is 4.64. The molecule has 1 unspecified atom stereocenters. The Morgan fingerprint density at radius 3 is 2.54 bits per heavy atom. The lowest BCUT2D eigenvalue weighted by atomic mass is 9.95. The largest absolute Gasteiger partial charge is 0.507 e. The number of rotatable bonds is 10. The second-order valence-electron chi connectivity index (χ2n) is 9.91. The van der Waals surface area contributed by atoms with Crippen LogP contribution < -0.4 is 19.1 Å². The molecule has 1 amide bonds. The van der Waals surface area contributed by atoms with E-state index in [2.05, 4.69) is 23.8 Å². The average molecular weight is 574 g/mol. The summed E-state index contributed by atoms with van der Waals surface area (Å²) in [7, 11) is 1.53. The van der Waals surface area contributed by atoms with Crippen molar-refractivity contribution in [2.75, 3.05) is 25.2 Å². The number of ether oxygens (including phenoxy) is 3. The van der Waals surface area contributed by atoms with E-state index in [1.807, 2.05) is 25.1 Å². The molecule has 2 aromatic carbocycles. The summed E-state index contributed by atoms with van der Waals surface area (Å²) in [6, 6.07) is 12.9. The maximum absolute atomic E-state index is 13.6. The van der Waals surface area contributed by atoms with Crippen LogP contribution in [0.5, 0.6) is 17.2 Å². The van der Waals surface area contributed by atoms with E-state index in [9.17, 15) is 14.7 Å². The summed E-state index contributed by atoms with van der Waals surface area (Å²) < 4.78 is 18.0. The Bertz CT molecular complexity index is 1610. The van der Waals surface area contributed by atoms with Gasteiger partial charge in [-0.25, -0.2) is 4.98 Å². The van der Waals surface area contributed by atoms with Crippen molar-refractivity contribution in [3.63, 3.8) is 0 Å². The number of hydrogen-bond donors (Lipinski definition) is 1. The van der Waals surface area contributed by atoms with Crippen LogP contribution in [0.2, 0.25) is 0 Å². The number of hydrogen-bond acceptors (Lipinski definition) is 9. The van der Waals surface area contributed by atoms with Crippen molar-refractivity contribution in [1.82, 2.24) is 9.97 Å². The zero-order valence-corrected chi connectivity index (χ0v) is 24.1. The number of nitrogens with zero attached hydrogens (tertiary/aromatic N) is 3. The average Bonchev–Trinajstić information content (AvgIpc) is 3.50. The molecule has 5 rings (SSSR count). The van der Waals surface area contributed by atoms with Gasteiger partial charge < -0.3 is 19.3 Å². The van der Waals surface area contributed by atoms with Crippen LogP contribution in [0.4, 0.5) is 5.13 Å². The molecule has 1 aliphatic heterocycles. The summed E-state index contributed by atoms with van der Waals surface area (Å²) in [5.41, 5.74) is 1.54. The molecular weight excluding hydrogens is 542 g/mol. The molecule has 1 saturated heterocycles. The Hall–Kier alpha value is -4.44. The number of aliphatic hydroxyl groups excluding tert-OH is 1. The lowest BCUT2D eigenvalue weighted by Crippen LogP contribution is -2.29. The van der Waals surface area contributed by atoms with Gasteiger partial charge in [-0.3, -0.25) is 19.5 Å². The number of methoxy groups -OCH3 is 1. The van der Waals surface area contributed by atoms with Gasteiger partial charge in [0.1, 0.15) is 11.5 Å². The van der Waals surface area contributed by atoms with Gasteiger partial charge in [-0.1, -0.05) is 31.3 Å². The van der Waals surface area contributed by atoms with Crippen LogP contribution in [-0.4, -0.2) is 47.1 Å². The van der Waals surface area contributed by atoms with E-state index < -0.39 is 17.7 Å². The minimum absolute atomic E-state index is 0.0500. The number of fused-ring (bicyclic) bond motifs is 1. The number of thiazole rings is 1. The molecule has 9 nitrogen and oxygen atoms in total. The predicted octanol–water partition coefficient (Wildman–Crippen LogP) is 6.15. The molecule has 1 atom stereocenters. The van der Waals surface area contributed by atoms with Crippen LogP contribution in [0.25, 0.3) is 16.0 Å². The zero-order valence-electron chi connectivity index (χ0n) is 23.3. The molecule has 0 aliphatic carbocycles. The summed E-state index contributed by atoms with van der Waals surface area (Å²) in [5.74, 6) is 0.267. The number of carbonyl (C=O) groups is 2. The number of aliphatic hydroxyl groups is 1. The van der Waals surface area contributed by atoms with Gasteiger partial charge in [0.2, 0.25) is 0 Å². The van der Waals surface area contributed by atoms with Crippen LogP contribution in [-0.2, 0) is 9.59 Å². The van der Waals surface area contributed by atoms with Crippen LogP contribution in [0.15, 0.2) is 66.5 Å². The van der Waals surface area contributed by atoms with E-state index in [0.29, 0.717) is 58.2 Å². The van der Waals surface area contributed by atoms with Crippen molar-refractivity contribution in [2.45, 2.75) is 33.2 Å². The van der Waals surface area contributed by atoms with Crippen LogP contribution >= 0.6 is 11.3 Å². The quantitative estimate of drug-likeness (QED) is 0.137. The van der Waals surface area contributed by atoms with Gasteiger partial charge in [0, 0.05) is 18.0 Å². The van der Waals surface area contributed by atoms with Crippen LogP contribution in [0.3, 0.4) is 0 Å². The predicted molar refractivity (Wildman–Crippen MR) is 158 cm³/mol. The summed E-state index contributed by atoms with van der Waals surface area (Å²) in [5, 5.41) is 11.7. The highest BCUT2D eigenvalue weighted by atomic mass is 32.1. The van der Waals surface area contributed by atoms with Gasteiger partial charge in [-0.05, 0) is 67.3 Å². The summed E-state index contributed by atoms with van der Waals surface area (Å²) in [6.07, 6.45) is 3.89. The molecule has 41 heavy (non-hydrogen) atoms. The monoisotopic (exact) mass is 573 g/mol. The first-order chi connectivity index (χ1) is 19.8. The van der Waals surface area contributed by atoms with Crippen molar-refractivity contribution in [3.05, 3.63) is 77.6 Å². The van der Waals surface area contributed by atoms with Gasteiger partial charge >= 0.3 is 5.91 Å². The Labute approximate surface area is 242 Å². The topological polar surface area (TPSA) is 111 Å². The Morgan fingerprint density at radius 2 is 1.83 bits per heavy atom. The Kier molecular flexibility index (Phi) is 8.21. The number of ketones is 1. The van der Waals surface area contributed by atoms with Gasteiger partial charge in [-0.2, -0.15) is 0 Å². The Morgan fingerprint density at radius 1 is 1.05 bits per heavy atom. The minimum atomic E-state index is -0.964. The van der Waals surface area contributed by atoms with E-state index in [1.54, 1.807) is 30.3 Å². The summed E-state index contributed by atoms with van der Waals surface area (Å²) in [4.78, 5) is 37.2. The van der Waals surface area contributed by atoms with E-state index in [4.69, 9.17) is 14.2 Å². The first kappa shape index (κ1) is 28.1. The second kappa shape index (κ2) is 12.0. The summed E-state index contributed by atoms with van der Waals surface area (Å²) >= 11 is 1.27. The lowest BCUT2D eigenvalue weighted by Gasteiger charge is -2.24. The molecule has 212 valence electrons. The fraction of sp³-hybridized carbons (Fsp3) is 0.290. The first-order valence-electron chi connectivity index (χ1n) is 13.4. The maximum Gasteiger partial charge on any atom is 0.301 e. The molecule has 0 radical (unpaired) electrons.